The number of carbonyl (C=O) groups is 1. The summed E-state index contributed by atoms with van der Waals surface area (Å²) < 4.78 is 0. The number of thioether (sulfide) groups is 1. The third-order valence-corrected chi connectivity index (χ3v) is 4.66. The number of amides is 1. The average molecular weight is 313 g/mol. The molecule has 0 aliphatic carbocycles. The van der Waals surface area contributed by atoms with E-state index in [-0.39, 0.29) is 11.9 Å². The van der Waals surface area contributed by atoms with Gasteiger partial charge in [-0.1, -0.05) is 54.1 Å². The lowest BCUT2D eigenvalue weighted by Crippen LogP contribution is -2.28. The van der Waals surface area contributed by atoms with Gasteiger partial charge in [0.2, 0.25) is 5.91 Å². The molecule has 0 fully saturated rings. The van der Waals surface area contributed by atoms with Gasteiger partial charge in [-0.25, -0.2) is 0 Å². The van der Waals surface area contributed by atoms with Crippen LogP contribution in [0.25, 0.3) is 0 Å². The Balaban J connectivity index is 1.78. The maximum atomic E-state index is 12.1. The van der Waals surface area contributed by atoms with Gasteiger partial charge < -0.3 is 5.32 Å². The molecule has 0 spiro atoms. The number of hydrogen-bond acceptors (Lipinski definition) is 2. The quantitative estimate of drug-likeness (QED) is 0.855. The summed E-state index contributed by atoms with van der Waals surface area (Å²) in [5, 5.41) is 3.07. The lowest BCUT2D eigenvalue weighted by atomic mass is 10.0. The van der Waals surface area contributed by atoms with Crippen LogP contribution in [-0.4, -0.2) is 11.7 Å². The van der Waals surface area contributed by atoms with Gasteiger partial charge >= 0.3 is 0 Å². The van der Waals surface area contributed by atoms with E-state index < -0.39 is 0 Å². The normalized spacial score (nSPS) is 12.0. The van der Waals surface area contributed by atoms with Gasteiger partial charge in [0, 0.05) is 5.75 Å². The zero-order valence-electron chi connectivity index (χ0n) is 13.4. The minimum atomic E-state index is 0.0497. The highest BCUT2D eigenvalue weighted by molar-refractivity contribution is 7.99. The Morgan fingerprint density at radius 3 is 2.45 bits per heavy atom. The fourth-order valence-corrected chi connectivity index (χ4v) is 3.18. The van der Waals surface area contributed by atoms with Crippen LogP contribution in [0.1, 0.15) is 35.2 Å². The van der Waals surface area contributed by atoms with E-state index in [0.717, 1.165) is 5.75 Å². The molecule has 1 atom stereocenters. The van der Waals surface area contributed by atoms with E-state index >= 15 is 0 Å². The van der Waals surface area contributed by atoms with Crippen LogP contribution in [0, 0.1) is 13.8 Å². The molecule has 0 bridgehead atoms. The summed E-state index contributed by atoms with van der Waals surface area (Å²) in [5.74, 6) is 1.45. The minimum Gasteiger partial charge on any atom is -0.349 e. The largest absolute Gasteiger partial charge is 0.349 e. The predicted octanol–water partition coefficient (Wildman–Crippen LogP) is 4.41. The number of benzene rings is 2. The van der Waals surface area contributed by atoms with Crippen LogP contribution < -0.4 is 5.32 Å². The van der Waals surface area contributed by atoms with Crippen molar-refractivity contribution in [2.24, 2.45) is 0 Å². The first-order valence-corrected chi connectivity index (χ1v) is 8.70. The molecule has 0 aliphatic heterocycles. The number of carbonyl (C=O) groups excluding carboxylic acids is 1. The molecule has 116 valence electrons. The van der Waals surface area contributed by atoms with E-state index in [4.69, 9.17) is 0 Å². The van der Waals surface area contributed by atoms with Crippen LogP contribution in [0.4, 0.5) is 0 Å². The van der Waals surface area contributed by atoms with E-state index in [0.29, 0.717) is 5.75 Å². The highest BCUT2D eigenvalue weighted by Gasteiger charge is 2.11. The number of aryl methyl sites for hydroxylation is 2. The monoisotopic (exact) mass is 313 g/mol. The van der Waals surface area contributed by atoms with Crippen LogP contribution in [0.15, 0.2) is 48.5 Å². The maximum absolute atomic E-state index is 12.1. The van der Waals surface area contributed by atoms with Gasteiger partial charge in [0.05, 0.1) is 11.8 Å². The molecule has 1 amide bonds. The summed E-state index contributed by atoms with van der Waals surface area (Å²) in [6, 6.07) is 16.7. The number of rotatable bonds is 6. The minimum absolute atomic E-state index is 0.0497. The average Bonchev–Trinajstić information content (AvgIpc) is 2.49. The molecular formula is C19H23NOS. The van der Waals surface area contributed by atoms with Crippen molar-refractivity contribution in [3.05, 3.63) is 70.8 Å². The molecule has 0 saturated carbocycles. The van der Waals surface area contributed by atoms with E-state index in [1.807, 2.05) is 19.1 Å². The first-order chi connectivity index (χ1) is 10.6. The van der Waals surface area contributed by atoms with Crippen LogP contribution in [-0.2, 0) is 10.5 Å². The standard InChI is InChI=1S/C19H23NOS/c1-14-8-10-17(11-9-14)12-22-13-19(21)20-16(3)18-7-5-4-6-15(18)2/h4-11,16H,12-13H2,1-3H3,(H,20,21). The van der Waals surface area contributed by atoms with Gasteiger partial charge in [-0.05, 0) is 37.5 Å². The summed E-state index contributed by atoms with van der Waals surface area (Å²) in [5.41, 5.74) is 4.91. The summed E-state index contributed by atoms with van der Waals surface area (Å²) in [4.78, 5) is 12.1. The van der Waals surface area contributed by atoms with Gasteiger partial charge in [-0.2, -0.15) is 0 Å². The van der Waals surface area contributed by atoms with Gasteiger partial charge in [-0.3, -0.25) is 4.79 Å². The topological polar surface area (TPSA) is 29.1 Å². The van der Waals surface area contributed by atoms with Crippen molar-refractivity contribution in [1.29, 1.82) is 0 Å². The Labute approximate surface area is 137 Å². The Morgan fingerprint density at radius 2 is 1.77 bits per heavy atom. The van der Waals surface area contributed by atoms with E-state index in [2.05, 4.69) is 55.6 Å². The molecule has 0 radical (unpaired) electrons. The van der Waals surface area contributed by atoms with Crippen LogP contribution >= 0.6 is 11.8 Å². The first-order valence-electron chi connectivity index (χ1n) is 7.54. The lowest BCUT2D eigenvalue weighted by Gasteiger charge is -2.16. The van der Waals surface area contributed by atoms with Crippen molar-refractivity contribution in [2.45, 2.75) is 32.6 Å². The summed E-state index contributed by atoms with van der Waals surface area (Å²) >= 11 is 1.65. The molecule has 22 heavy (non-hydrogen) atoms. The first kappa shape index (κ1) is 16.6. The predicted molar refractivity (Wildman–Crippen MR) is 95.1 cm³/mol. The van der Waals surface area contributed by atoms with Gasteiger partial charge in [0.25, 0.3) is 0 Å². The van der Waals surface area contributed by atoms with E-state index in [1.54, 1.807) is 11.8 Å². The third kappa shape index (κ3) is 4.92. The summed E-state index contributed by atoms with van der Waals surface area (Å²) in [6.45, 7) is 6.19. The second-order valence-corrected chi connectivity index (χ2v) is 6.61. The van der Waals surface area contributed by atoms with Crippen molar-refractivity contribution >= 4 is 17.7 Å². The van der Waals surface area contributed by atoms with Gasteiger partial charge in [-0.15, -0.1) is 11.8 Å². The molecule has 2 nitrogen and oxygen atoms in total. The second kappa shape index (κ2) is 8.04. The Bertz CT molecular complexity index is 622. The smallest absolute Gasteiger partial charge is 0.230 e. The molecule has 2 aromatic carbocycles. The molecule has 3 heteroatoms. The Hall–Kier alpha value is -1.74. The molecule has 0 saturated heterocycles. The van der Waals surface area contributed by atoms with Crippen LogP contribution in [0.5, 0.6) is 0 Å². The summed E-state index contributed by atoms with van der Waals surface area (Å²) in [7, 11) is 0. The molecule has 1 N–H and O–H groups in total. The zero-order valence-corrected chi connectivity index (χ0v) is 14.2. The fraction of sp³-hybridized carbons (Fsp3) is 0.316. The highest BCUT2D eigenvalue weighted by Crippen LogP contribution is 2.17. The second-order valence-electron chi connectivity index (χ2n) is 5.62. The highest BCUT2D eigenvalue weighted by atomic mass is 32.2. The van der Waals surface area contributed by atoms with Crippen molar-refractivity contribution in [3.8, 4) is 0 Å². The number of hydrogen-bond donors (Lipinski definition) is 1. The zero-order chi connectivity index (χ0) is 15.9. The Morgan fingerprint density at radius 1 is 1.09 bits per heavy atom. The molecule has 0 aliphatic rings. The molecule has 0 heterocycles. The number of nitrogens with one attached hydrogen (secondary N) is 1. The van der Waals surface area contributed by atoms with Gasteiger partial charge in [0.15, 0.2) is 0 Å². The molecule has 0 aromatic heterocycles. The maximum Gasteiger partial charge on any atom is 0.230 e. The molecule has 2 rings (SSSR count). The fourth-order valence-electron chi connectivity index (χ4n) is 2.38. The van der Waals surface area contributed by atoms with Crippen molar-refractivity contribution in [1.82, 2.24) is 5.32 Å². The van der Waals surface area contributed by atoms with E-state index in [9.17, 15) is 4.79 Å². The van der Waals surface area contributed by atoms with Crippen molar-refractivity contribution < 1.29 is 4.79 Å². The van der Waals surface area contributed by atoms with Gasteiger partial charge in [0.1, 0.15) is 0 Å². The van der Waals surface area contributed by atoms with E-state index in [1.165, 1.54) is 22.3 Å². The molecule has 2 aromatic rings. The third-order valence-electron chi connectivity index (χ3n) is 3.65. The SMILES string of the molecule is Cc1ccc(CSCC(=O)NC(C)c2ccccc2C)cc1. The Kier molecular flexibility index (Phi) is 6.08. The summed E-state index contributed by atoms with van der Waals surface area (Å²) in [6.07, 6.45) is 0. The van der Waals surface area contributed by atoms with Crippen molar-refractivity contribution in [3.63, 3.8) is 0 Å². The lowest BCUT2D eigenvalue weighted by molar-refractivity contribution is -0.119. The molecular weight excluding hydrogens is 290 g/mol. The van der Waals surface area contributed by atoms with Crippen molar-refractivity contribution in [2.75, 3.05) is 5.75 Å². The molecule has 1 unspecified atom stereocenters. The van der Waals surface area contributed by atoms with Crippen LogP contribution in [0.2, 0.25) is 0 Å². The van der Waals surface area contributed by atoms with Crippen LogP contribution in [0.3, 0.4) is 0 Å².